The number of fused-ring (bicyclic) bond motifs is 1. The van der Waals surface area contributed by atoms with Crippen LogP contribution in [-0.2, 0) is 17.9 Å². The summed E-state index contributed by atoms with van der Waals surface area (Å²) in [5, 5.41) is 4.26. The molecule has 3 atom stereocenters. The molecule has 10 heteroatoms. The first-order valence-corrected chi connectivity index (χ1v) is 13.1. The Morgan fingerprint density at radius 3 is 2.56 bits per heavy atom. The maximum Gasteiger partial charge on any atom is 0.593 e. The van der Waals surface area contributed by atoms with Crippen LogP contribution in [0, 0.1) is 5.41 Å². The Morgan fingerprint density at radius 1 is 1.21 bits per heavy atom. The maximum absolute atomic E-state index is 12.6. The second kappa shape index (κ2) is 9.17. The molecule has 2 fully saturated rings. The van der Waals surface area contributed by atoms with Crippen LogP contribution in [0.4, 0.5) is 13.2 Å². The first kappa shape index (κ1) is 24.2. The summed E-state index contributed by atoms with van der Waals surface area (Å²) in [6.45, 7) is 4.24. The van der Waals surface area contributed by atoms with Crippen LogP contribution in [-0.4, -0.2) is 56.8 Å². The Labute approximate surface area is 206 Å². The van der Waals surface area contributed by atoms with Gasteiger partial charge in [-0.15, -0.1) is 17.5 Å². The van der Waals surface area contributed by atoms with Gasteiger partial charge in [0.15, 0.2) is 11.4 Å². The number of amidine groups is 1. The van der Waals surface area contributed by atoms with Crippen LogP contribution in [0.5, 0.6) is 0 Å². The maximum atomic E-state index is 12.6. The number of aliphatic imine (C=N–C) groups is 1. The molecule has 0 aromatic heterocycles. The first-order chi connectivity index (χ1) is 16.2. The largest absolute Gasteiger partial charge is 0.593 e. The van der Waals surface area contributed by atoms with Crippen LogP contribution in [0.15, 0.2) is 52.6 Å². The van der Waals surface area contributed by atoms with Crippen molar-refractivity contribution in [2.24, 2.45) is 10.4 Å². The van der Waals surface area contributed by atoms with Crippen LogP contribution in [0.25, 0.3) is 0 Å². The van der Waals surface area contributed by atoms with E-state index in [1.807, 2.05) is 18.4 Å². The van der Waals surface area contributed by atoms with Crippen molar-refractivity contribution in [1.82, 2.24) is 14.5 Å². The molecule has 5 rings (SSSR count). The summed E-state index contributed by atoms with van der Waals surface area (Å²) in [4.78, 5) is 6.96. The van der Waals surface area contributed by atoms with Gasteiger partial charge in [-0.2, -0.15) is 0 Å². The second-order valence-electron chi connectivity index (χ2n) is 9.76. The SMILES string of the molecule is CCC1N=C2C=CC(Cl)=CN2[C@H]1CNCc1ccc(C2CC3(C2)CN([S+]([O-])C(F)(F)F)C3)cc1. The lowest BCUT2D eigenvalue weighted by Gasteiger charge is -2.57. The van der Waals surface area contributed by atoms with Crippen molar-refractivity contribution in [2.75, 3.05) is 19.6 Å². The summed E-state index contributed by atoms with van der Waals surface area (Å²) in [6, 6.07) is 8.96. The molecule has 1 spiro atoms. The molecule has 1 saturated carbocycles. The number of nitrogens with one attached hydrogen (secondary N) is 1. The molecule has 1 aromatic rings. The Morgan fingerprint density at radius 2 is 1.91 bits per heavy atom. The lowest BCUT2D eigenvalue weighted by atomic mass is 9.57. The molecule has 2 unspecified atom stereocenters. The van der Waals surface area contributed by atoms with Gasteiger partial charge >= 0.3 is 5.51 Å². The number of rotatable bonds is 7. The molecule has 5 nitrogen and oxygen atoms in total. The van der Waals surface area contributed by atoms with E-state index in [9.17, 15) is 17.7 Å². The van der Waals surface area contributed by atoms with Gasteiger partial charge in [-0.05, 0) is 48.5 Å². The molecule has 0 amide bonds. The highest BCUT2D eigenvalue weighted by Crippen LogP contribution is 2.57. The zero-order valence-electron chi connectivity index (χ0n) is 18.9. The highest BCUT2D eigenvalue weighted by atomic mass is 35.5. The predicted octanol–water partition coefficient (Wildman–Crippen LogP) is 4.65. The topological polar surface area (TPSA) is 53.9 Å². The van der Waals surface area contributed by atoms with Gasteiger partial charge in [0.2, 0.25) is 0 Å². The van der Waals surface area contributed by atoms with Crippen molar-refractivity contribution >= 4 is 28.8 Å². The summed E-state index contributed by atoms with van der Waals surface area (Å²) < 4.78 is 50.3. The van der Waals surface area contributed by atoms with Crippen molar-refractivity contribution in [3.63, 3.8) is 0 Å². The first-order valence-electron chi connectivity index (χ1n) is 11.6. The smallest absolute Gasteiger partial charge is 0.591 e. The Hall–Kier alpha value is -1.52. The quantitative estimate of drug-likeness (QED) is 0.540. The van der Waals surface area contributed by atoms with E-state index in [4.69, 9.17) is 16.6 Å². The van der Waals surface area contributed by atoms with Crippen LogP contribution in [0.1, 0.15) is 43.2 Å². The average Bonchev–Trinajstić information content (AvgIpc) is 3.09. The molecular weight excluding hydrogens is 485 g/mol. The third-order valence-corrected chi connectivity index (χ3v) is 8.73. The standard InChI is InChI=1S/C24H28ClF3N4OS/c1-2-20-21(32-13-19(25)7-8-22(32)30-20)12-29-11-16-3-5-17(6-4-16)18-9-23(10-18)14-31(15-23)34(33)24(26,27)28/h3-8,13,18,20-21,29H,2,9-12,14-15H2,1H3/t20?,21-,34?/m0/s1. The van der Waals surface area contributed by atoms with E-state index >= 15 is 0 Å². The van der Waals surface area contributed by atoms with Gasteiger partial charge in [0.05, 0.1) is 30.2 Å². The van der Waals surface area contributed by atoms with E-state index in [0.717, 1.165) is 42.5 Å². The average molecular weight is 513 g/mol. The molecule has 1 saturated heterocycles. The molecule has 1 N–H and O–H groups in total. The van der Waals surface area contributed by atoms with E-state index < -0.39 is 16.9 Å². The van der Waals surface area contributed by atoms with Gasteiger partial charge in [-0.3, -0.25) is 4.99 Å². The van der Waals surface area contributed by atoms with Gasteiger partial charge in [-0.25, -0.2) is 0 Å². The molecule has 184 valence electrons. The summed E-state index contributed by atoms with van der Waals surface area (Å²) in [5.74, 6) is 1.33. The second-order valence-corrected chi connectivity index (χ2v) is 11.7. The minimum absolute atomic E-state index is 0.0924. The molecule has 1 aliphatic carbocycles. The number of halogens is 4. The third-order valence-electron chi connectivity index (χ3n) is 7.38. The summed E-state index contributed by atoms with van der Waals surface area (Å²) in [6.07, 6.45) is 8.47. The van der Waals surface area contributed by atoms with Gasteiger partial charge in [0, 0.05) is 24.7 Å². The highest BCUT2D eigenvalue weighted by Gasteiger charge is 2.61. The van der Waals surface area contributed by atoms with Gasteiger partial charge in [0.25, 0.3) is 0 Å². The molecule has 3 heterocycles. The highest BCUT2D eigenvalue weighted by molar-refractivity contribution is 7.90. The molecule has 34 heavy (non-hydrogen) atoms. The van der Waals surface area contributed by atoms with E-state index in [1.165, 1.54) is 11.1 Å². The minimum Gasteiger partial charge on any atom is -0.591 e. The fourth-order valence-corrected chi connectivity index (χ4v) is 6.86. The van der Waals surface area contributed by atoms with Crippen molar-refractivity contribution in [1.29, 1.82) is 0 Å². The number of alkyl halides is 3. The van der Waals surface area contributed by atoms with E-state index in [1.54, 1.807) is 0 Å². The Kier molecular flexibility index (Phi) is 6.52. The molecular formula is C24H28ClF3N4OS. The third kappa shape index (κ3) is 4.65. The zero-order valence-corrected chi connectivity index (χ0v) is 20.5. The summed E-state index contributed by atoms with van der Waals surface area (Å²) in [5.41, 5.74) is -2.34. The van der Waals surface area contributed by atoms with Crippen molar-refractivity contribution < 1.29 is 17.7 Å². The number of hydrogen-bond donors (Lipinski definition) is 1. The van der Waals surface area contributed by atoms with Crippen molar-refractivity contribution in [3.8, 4) is 0 Å². The molecule has 1 aromatic carbocycles. The Balaban J connectivity index is 1.08. The van der Waals surface area contributed by atoms with Crippen molar-refractivity contribution in [2.45, 2.75) is 56.2 Å². The van der Waals surface area contributed by atoms with Crippen LogP contribution in [0.2, 0.25) is 0 Å². The zero-order chi connectivity index (χ0) is 24.1. The van der Waals surface area contributed by atoms with Gasteiger partial charge < -0.3 is 14.8 Å². The Bertz CT molecular complexity index is 998. The van der Waals surface area contributed by atoms with Crippen LogP contribution < -0.4 is 5.32 Å². The number of benzene rings is 1. The monoisotopic (exact) mass is 512 g/mol. The predicted molar refractivity (Wildman–Crippen MR) is 129 cm³/mol. The van der Waals surface area contributed by atoms with Gasteiger partial charge in [-0.1, -0.05) is 42.8 Å². The van der Waals surface area contributed by atoms with E-state index in [0.29, 0.717) is 11.0 Å². The molecule has 3 aliphatic heterocycles. The number of hydrogen-bond acceptors (Lipinski definition) is 5. The molecule has 0 bridgehead atoms. The van der Waals surface area contributed by atoms with Gasteiger partial charge in [0.1, 0.15) is 5.84 Å². The van der Waals surface area contributed by atoms with E-state index in [-0.39, 0.29) is 30.6 Å². The van der Waals surface area contributed by atoms with E-state index in [2.05, 4.69) is 41.4 Å². The lowest BCUT2D eigenvalue weighted by Crippen LogP contribution is -2.64. The summed E-state index contributed by atoms with van der Waals surface area (Å²) >= 11 is 3.32. The molecule has 0 radical (unpaired) electrons. The van der Waals surface area contributed by atoms with Crippen LogP contribution >= 0.6 is 11.6 Å². The number of nitrogens with zero attached hydrogens (tertiary/aromatic N) is 3. The normalized spacial score (nSPS) is 27.2. The number of allylic oxidation sites excluding steroid dienone is 2. The lowest BCUT2D eigenvalue weighted by molar-refractivity contribution is -0.0705. The molecule has 4 aliphatic rings. The van der Waals surface area contributed by atoms with Crippen LogP contribution in [0.3, 0.4) is 0 Å². The minimum atomic E-state index is -4.66. The summed E-state index contributed by atoms with van der Waals surface area (Å²) in [7, 11) is 0. The fourth-order valence-electron chi connectivity index (χ4n) is 5.61. The fraction of sp³-hybridized carbons (Fsp3) is 0.542. The van der Waals surface area contributed by atoms with Crippen molar-refractivity contribution in [3.05, 3.63) is 58.8 Å².